The van der Waals surface area contributed by atoms with Crippen molar-refractivity contribution in [1.29, 1.82) is 0 Å². The van der Waals surface area contributed by atoms with Crippen LogP contribution >= 0.6 is 22.7 Å². The fraction of sp³-hybridized carbons (Fsp3) is 0.357. The molecule has 0 atom stereocenters. The number of anilines is 1. The van der Waals surface area contributed by atoms with Gasteiger partial charge in [-0.1, -0.05) is 0 Å². The minimum atomic E-state index is -0.528. The summed E-state index contributed by atoms with van der Waals surface area (Å²) in [7, 11) is 1.63. The summed E-state index contributed by atoms with van der Waals surface area (Å²) in [5.41, 5.74) is 5.84. The number of methoxy groups -OCH3 is 1. The molecule has 0 bridgehead atoms. The van der Waals surface area contributed by atoms with Crippen LogP contribution in [0.25, 0.3) is 9.75 Å². The van der Waals surface area contributed by atoms with Crippen LogP contribution in [0.1, 0.15) is 30.4 Å². The molecule has 0 aliphatic rings. The number of esters is 1. The summed E-state index contributed by atoms with van der Waals surface area (Å²) < 4.78 is 10.5. The molecule has 0 aromatic carbocycles. The van der Waals surface area contributed by atoms with Gasteiger partial charge in [0, 0.05) is 15.1 Å². The Kier molecular flexibility index (Phi) is 4.06. The van der Waals surface area contributed by atoms with E-state index in [1.54, 1.807) is 24.5 Å². The Hall–Kier alpha value is -1.53. The largest absolute Gasteiger partial charge is 0.496 e. The van der Waals surface area contributed by atoms with Crippen molar-refractivity contribution in [2.45, 2.75) is 26.4 Å². The second kappa shape index (κ2) is 5.46. The van der Waals surface area contributed by atoms with E-state index in [1.165, 1.54) is 11.3 Å². The van der Waals surface area contributed by atoms with Gasteiger partial charge in [-0.3, -0.25) is 0 Å². The van der Waals surface area contributed by atoms with Crippen molar-refractivity contribution < 1.29 is 14.3 Å². The summed E-state index contributed by atoms with van der Waals surface area (Å²) in [6.45, 7) is 5.50. The molecule has 20 heavy (non-hydrogen) atoms. The van der Waals surface area contributed by atoms with Crippen molar-refractivity contribution >= 4 is 34.3 Å². The van der Waals surface area contributed by atoms with Gasteiger partial charge in [-0.2, -0.15) is 0 Å². The van der Waals surface area contributed by atoms with Gasteiger partial charge in [-0.15, -0.1) is 22.7 Å². The first-order valence-electron chi connectivity index (χ1n) is 6.05. The Morgan fingerprint density at radius 2 is 1.95 bits per heavy atom. The van der Waals surface area contributed by atoms with E-state index in [0.717, 1.165) is 15.5 Å². The quantitative estimate of drug-likeness (QED) is 0.870. The molecule has 2 heterocycles. The second-order valence-electron chi connectivity index (χ2n) is 5.25. The molecule has 0 saturated carbocycles. The van der Waals surface area contributed by atoms with Crippen LogP contribution in [0.3, 0.4) is 0 Å². The summed E-state index contributed by atoms with van der Waals surface area (Å²) in [5, 5.41) is 1.92. The molecule has 6 heteroatoms. The van der Waals surface area contributed by atoms with E-state index in [-0.39, 0.29) is 5.97 Å². The minimum Gasteiger partial charge on any atom is -0.496 e. The summed E-state index contributed by atoms with van der Waals surface area (Å²) in [5.74, 6) is 0.422. The van der Waals surface area contributed by atoms with Gasteiger partial charge in [0.2, 0.25) is 0 Å². The average Bonchev–Trinajstić information content (AvgIpc) is 2.92. The van der Waals surface area contributed by atoms with E-state index >= 15 is 0 Å². The molecule has 2 N–H and O–H groups in total. The molecular weight excluding hydrogens is 294 g/mol. The van der Waals surface area contributed by atoms with E-state index < -0.39 is 5.60 Å². The van der Waals surface area contributed by atoms with Crippen molar-refractivity contribution in [2.24, 2.45) is 0 Å². The van der Waals surface area contributed by atoms with Gasteiger partial charge in [-0.05, 0) is 32.9 Å². The van der Waals surface area contributed by atoms with Gasteiger partial charge in [0.25, 0.3) is 0 Å². The number of hydrogen-bond acceptors (Lipinski definition) is 6. The Bertz CT molecular complexity index is 623. The molecule has 0 unspecified atom stereocenters. The number of carbonyl (C=O) groups excluding carboxylic acids is 1. The molecule has 0 spiro atoms. The first kappa shape index (κ1) is 14.9. The third-order valence-electron chi connectivity index (χ3n) is 2.40. The fourth-order valence-electron chi connectivity index (χ4n) is 1.57. The molecular formula is C14H17NO3S2. The van der Waals surface area contributed by atoms with E-state index in [1.807, 2.05) is 32.2 Å². The van der Waals surface area contributed by atoms with Crippen LogP contribution in [-0.2, 0) is 4.74 Å². The van der Waals surface area contributed by atoms with Gasteiger partial charge < -0.3 is 15.2 Å². The maximum absolute atomic E-state index is 12.1. The Morgan fingerprint density at radius 3 is 2.50 bits per heavy atom. The van der Waals surface area contributed by atoms with E-state index in [2.05, 4.69) is 0 Å². The lowest BCUT2D eigenvalue weighted by atomic mass is 10.2. The lowest BCUT2D eigenvalue weighted by Gasteiger charge is -2.18. The van der Waals surface area contributed by atoms with Crippen molar-refractivity contribution in [1.82, 2.24) is 0 Å². The van der Waals surface area contributed by atoms with Crippen LogP contribution in [0, 0.1) is 0 Å². The third-order valence-corrected chi connectivity index (χ3v) is 4.63. The van der Waals surface area contributed by atoms with Crippen LogP contribution in [0.2, 0.25) is 0 Å². The van der Waals surface area contributed by atoms with Crippen LogP contribution in [0.15, 0.2) is 17.5 Å². The first-order chi connectivity index (χ1) is 9.30. The fourth-order valence-corrected chi connectivity index (χ4v) is 3.47. The van der Waals surface area contributed by atoms with E-state index in [4.69, 9.17) is 15.2 Å². The van der Waals surface area contributed by atoms with Crippen molar-refractivity contribution in [3.05, 3.63) is 22.4 Å². The lowest BCUT2D eigenvalue weighted by molar-refractivity contribution is 0.00764. The van der Waals surface area contributed by atoms with Crippen molar-refractivity contribution in [3.63, 3.8) is 0 Å². The predicted molar refractivity (Wildman–Crippen MR) is 83.8 cm³/mol. The topological polar surface area (TPSA) is 61.5 Å². The highest BCUT2D eigenvalue weighted by Crippen LogP contribution is 2.39. The molecule has 2 aromatic heterocycles. The number of ether oxygens (including phenoxy) is 2. The Labute approximate surface area is 126 Å². The van der Waals surface area contributed by atoms with Crippen LogP contribution in [0.5, 0.6) is 5.75 Å². The molecule has 108 valence electrons. The number of hydrogen-bond donors (Lipinski definition) is 1. The van der Waals surface area contributed by atoms with Crippen LogP contribution < -0.4 is 10.5 Å². The third kappa shape index (κ3) is 3.32. The van der Waals surface area contributed by atoms with E-state index in [9.17, 15) is 4.79 Å². The zero-order valence-electron chi connectivity index (χ0n) is 11.9. The smallest absolute Gasteiger partial charge is 0.350 e. The molecule has 0 fully saturated rings. The number of nitrogen functional groups attached to an aromatic ring is 1. The molecule has 0 amide bonds. The molecule has 4 nitrogen and oxygen atoms in total. The number of carbonyl (C=O) groups is 1. The highest BCUT2D eigenvalue weighted by Gasteiger charge is 2.22. The lowest BCUT2D eigenvalue weighted by Crippen LogP contribution is -2.23. The highest BCUT2D eigenvalue weighted by molar-refractivity contribution is 7.22. The van der Waals surface area contributed by atoms with Crippen LogP contribution in [-0.4, -0.2) is 18.7 Å². The minimum absolute atomic E-state index is 0.380. The Morgan fingerprint density at radius 1 is 1.25 bits per heavy atom. The van der Waals surface area contributed by atoms with E-state index in [0.29, 0.717) is 10.6 Å². The highest BCUT2D eigenvalue weighted by atomic mass is 32.1. The average molecular weight is 311 g/mol. The first-order valence-corrected chi connectivity index (χ1v) is 7.75. The summed E-state index contributed by atoms with van der Waals surface area (Å²) in [6, 6.07) is 3.73. The predicted octanol–water partition coefficient (Wildman–Crippen LogP) is 4.02. The van der Waals surface area contributed by atoms with Gasteiger partial charge in [0.05, 0.1) is 12.8 Å². The summed E-state index contributed by atoms with van der Waals surface area (Å²) in [4.78, 5) is 14.5. The molecule has 0 saturated heterocycles. The SMILES string of the molecule is COc1csc(-c2cc(N)c(C(=O)OC(C)(C)C)s2)c1. The van der Waals surface area contributed by atoms with Gasteiger partial charge in [0.1, 0.15) is 16.2 Å². The molecule has 0 aliphatic heterocycles. The van der Waals surface area contributed by atoms with Gasteiger partial charge in [0.15, 0.2) is 0 Å². The molecule has 2 rings (SSSR count). The molecule has 2 aromatic rings. The zero-order valence-corrected chi connectivity index (χ0v) is 13.5. The van der Waals surface area contributed by atoms with Crippen LogP contribution in [0.4, 0.5) is 5.69 Å². The maximum Gasteiger partial charge on any atom is 0.350 e. The standard InChI is InChI=1S/C14H17NO3S2/c1-14(2,3)18-13(16)12-9(15)6-11(20-12)10-5-8(17-4)7-19-10/h5-7H,15H2,1-4H3. The molecule has 0 aliphatic carbocycles. The van der Waals surface area contributed by atoms with Gasteiger partial charge in [-0.25, -0.2) is 4.79 Å². The monoisotopic (exact) mass is 311 g/mol. The molecule has 0 radical (unpaired) electrons. The van der Waals surface area contributed by atoms with Crippen molar-refractivity contribution in [3.8, 4) is 15.5 Å². The maximum atomic E-state index is 12.1. The summed E-state index contributed by atoms with van der Waals surface area (Å²) in [6.07, 6.45) is 0. The van der Waals surface area contributed by atoms with Gasteiger partial charge >= 0.3 is 5.97 Å². The number of thiophene rings is 2. The summed E-state index contributed by atoms with van der Waals surface area (Å²) >= 11 is 2.89. The van der Waals surface area contributed by atoms with Crippen molar-refractivity contribution in [2.75, 3.05) is 12.8 Å². The number of rotatable bonds is 3. The number of nitrogens with two attached hydrogens (primary N) is 1. The Balaban J connectivity index is 2.27. The zero-order chi connectivity index (χ0) is 14.9. The second-order valence-corrected chi connectivity index (χ2v) is 7.21. The normalized spacial score (nSPS) is 11.4.